The molecule has 10 heteroatoms. The molecule has 1 unspecified atom stereocenters. The van der Waals surface area contributed by atoms with Crippen molar-refractivity contribution in [2.24, 2.45) is 14.1 Å². The molecule has 4 heterocycles. The molecule has 1 atom stereocenters. The first-order valence-electron chi connectivity index (χ1n) is 8.53. The third-order valence-electron chi connectivity index (χ3n) is 3.78. The Hall–Kier alpha value is -2.69. The van der Waals surface area contributed by atoms with Crippen molar-refractivity contribution < 1.29 is 9.90 Å². The van der Waals surface area contributed by atoms with E-state index in [1.165, 1.54) is 22.7 Å². The van der Waals surface area contributed by atoms with Gasteiger partial charge < -0.3 is 5.11 Å². The summed E-state index contributed by atoms with van der Waals surface area (Å²) in [5.41, 5.74) is 1.94. The van der Waals surface area contributed by atoms with Crippen LogP contribution in [0.3, 0.4) is 0 Å². The summed E-state index contributed by atoms with van der Waals surface area (Å²) in [6.45, 7) is 1.95. The summed E-state index contributed by atoms with van der Waals surface area (Å²) in [7, 11) is 3.72. The van der Waals surface area contributed by atoms with Crippen molar-refractivity contribution in [3.05, 3.63) is 46.9 Å². The number of rotatable bonds is 5. The van der Waals surface area contributed by atoms with Crippen LogP contribution in [0.5, 0.6) is 0 Å². The maximum absolute atomic E-state index is 10.4. The SMILES string of the molecule is CCC(O)c1cnc(-c2cnn(C)c2)s1.Cn1cc(-c2ncc(C=O)s2)cn1. The summed E-state index contributed by atoms with van der Waals surface area (Å²) in [5, 5.41) is 19.5. The summed E-state index contributed by atoms with van der Waals surface area (Å²) >= 11 is 2.88. The largest absolute Gasteiger partial charge is 0.388 e. The zero-order valence-corrected chi connectivity index (χ0v) is 17.3. The van der Waals surface area contributed by atoms with Gasteiger partial charge in [-0.15, -0.1) is 22.7 Å². The van der Waals surface area contributed by atoms with E-state index in [-0.39, 0.29) is 0 Å². The Labute approximate surface area is 170 Å². The molecule has 146 valence electrons. The van der Waals surface area contributed by atoms with Crippen molar-refractivity contribution >= 4 is 29.0 Å². The van der Waals surface area contributed by atoms with E-state index in [4.69, 9.17) is 0 Å². The van der Waals surface area contributed by atoms with Crippen molar-refractivity contribution in [3.8, 4) is 21.1 Å². The Bertz CT molecular complexity index is 1050. The van der Waals surface area contributed by atoms with Crippen molar-refractivity contribution in [1.82, 2.24) is 29.5 Å². The lowest BCUT2D eigenvalue weighted by Crippen LogP contribution is -1.89. The smallest absolute Gasteiger partial charge is 0.161 e. The number of nitrogens with zero attached hydrogens (tertiary/aromatic N) is 6. The second-order valence-electron chi connectivity index (χ2n) is 5.98. The van der Waals surface area contributed by atoms with Gasteiger partial charge in [0.25, 0.3) is 0 Å². The number of carbonyl (C=O) groups excluding carboxylic acids is 1. The molecule has 0 spiro atoms. The molecule has 0 saturated carbocycles. The number of hydrogen-bond acceptors (Lipinski definition) is 8. The fourth-order valence-corrected chi connectivity index (χ4v) is 3.98. The minimum absolute atomic E-state index is 0.395. The van der Waals surface area contributed by atoms with Crippen molar-refractivity contribution in [1.29, 1.82) is 0 Å². The van der Waals surface area contributed by atoms with Gasteiger partial charge in [0, 0.05) is 50.0 Å². The number of aryl methyl sites for hydroxylation is 2. The van der Waals surface area contributed by atoms with Gasteiger partial charge in [0.15, 0.2) is 6.29 Å². The molecule has 0 aliphatic heterocycles. The molecule has 4 aromatic heterocycles. The molecule has 0 aromatic carbocycles. The van der Waals surface area contributed by atoms with Gasteiger partial charge in [-0.05, 0) is 6.42 Å². The summed E-state index contributed by atoms with van der Waals surface area (Å²) in [6, 6.07) is 0. The molecule has 0 amide bonds. The van der Waals surface area contributed by atoms with Gasteiger partial charge in [-0.1, -0.05) is 6.92 Å². The zero-order valence-electron chi connectivity index (χ0n) is 15.7. The maximum atomic E-state index is 10.4. The summed E-state index contributed by atoms with van der Waals surface area (Å²) in [5.74, 6) is 0. The molecule has 1 N–H and O–H groups in total. The Balaban J connectivity index is 0.000000162. The van der Waals surface area contributed by atoms with Crippen LogP contribution in [0.1, 0.15) is 34.0 Å². The molecule has 0 aliphatic carbocycles. The highest BCUT2D eigenvalue weighted by molar-refractivity contribution is 7.16. The van der Waals surface area contributed by atoms with Gasteiger partial charge >= 0.3 is 0 Å². The lowest BCUT2D eigenvalue weighted by molar-refractivity contribution is 0.112. The third kappa shape index (κ3) is 4.77. The maximum Gasteiger partial charge on any atom is 0.161 e. The van der Waals surface area contributed by atoms with Crippen LogP contribution in [0.25, 0.3) is 21.1 Å². The highest BCUT2D eigenvalue weighted by atomic mass is 32.1. The summed E-state index contributed by atoms with van der Waals surface area (Å²) in [6.07, 6.45) is 11.7. The second-order valence-corrected chi connectivity index (χ2v) is 8.11. The Morgan fingerprint density at radius 1 is 1.00 bits per heavy atom. The van der Waals surface area contributed by atoms with Crippen LogP contribution < -0.4 is 0 Å². The number of hydrogen-bond donors (Lipinski definition) is 1. The predicted molar refractivity (Wildman–Crippen MR) is 109 cm³/mol. The van der Waals surface area contributed by atoms with E-state index in [9.17, 15) is 9.90 Å². The fraction of sp³-hybridized carbons (Fsp3) is 0.278. The van der Waals surface area contributed by atoms with Crippen molar-refractivity contribution in [2.75, 3.05) is 0 Å². The first-order chi connectivity index (χ1) is 13.5. The Kier molecular flexibility index (Phi) is 6.45. The number of aliphatic hydroxyl groups is 1. The van der Waals surface area contributed by atoms with Crippen LogP contribution in [0.4, 0.5) is 0 Å². The highest BCUT2D eigenvalue weighted by Crippen LogP contribution is 2.29. The molecule has 4 aromatic rings. The van der Waals surface area contributed by atoms with E-state index in [1.54, 1.807) is 34.2 Å². The lowest BCUT2D eigenvalue weighted by atomic mass is 10.2. The fourth-order valence-electron chi connectivity index (χ4n) is 2.31. The van der Waals surface area contributed by atoms with E-state index < -0.39 is 6.10 Å². The first kappa shape index (κ1) is 20.1. The molecule has 0 radical (unpaired) electrons. The predicted octanol–water partition coefficient (Wildman–Crippen LogP) is 3.34. The average Bonchev–Trinajstić information content (AvgIpc) is 3.47. The average molecular weight is 417 g/mol. The first-order valence-corrected chi connectivity index (χ1v) is 10.2. The minimum atomic E-state index is -0.395. The van der Waals surface area contributed by atoms with Crippen LogP contribution in [0.2, 0.25) is 0 Å². The molecule has 0 saturated heterocycles. The van der Waals surface area contributed by atoms with Crippen LogP contribution >= 0.6 is 22.7 Å². The van der Waals surface area contributed by atoms with E-state index in [0.717, 1.165) is 32.3 Å². The molecular weight excluding hydrogens is 396 g/mol. The quantitative estimate of drug-likeness (QED) is 0.501. The number of aldehydes is 1. The van der Waals surface area contributed by atoms with E-state index in [1.807, 2.05) is 33.4 Å². The van der Waals surface area contributed by atoms with Crippen LogP contribution in [-0.2, 0) is 14.1 Å². The monoisotopic (exact) mass is 416 g/mol. The number of aromatic nitrogens is 6. The topological polar surface area (TPSA) is 98.7 Å². The Morgan fingerprint density at radius 2 is 1.57 bits per heavy atom. The highest BCUT2D eigenvalue weighted by Gasteiger charge is 2.11. The zero-order chi connectivity index (χ0) is 20.1. The van der Waals surface area contributed by atoms with Crippen LogP contribution in [-0.4, -0.2) is 40.9 Å². The molecule has 4 rings (SSSR count). The second kappa shape index (κ2) is 9.00. The van der Waals surface area contributed by atoms with Gasteiger partial charge in [-0.2, -0.15) is 10.2 Å². The Morgan fingerprint density at radius 3 is 2.04 bits per heavy atom. The summed E-state index contributed by atoms with van der Waals surface area (Å²) < 4.78 is 3.45. The van der Waals surface area contributed by atoms with Gasteiger partial charge in [0.1, 0.15) is 10.0 Å². The van der Waals surface area contributed by atoms with Gasteiger partial charge in [0.2, 0.25) is 0 Å². The van der Waals surface area contributed by atoms with Gasteiger partial charge in [-0.3, -0.25) is 14.2 Å². The summed E-state index contributed by atoms with van der Waals surface area (Å²) in [4.78, 5) is 20.3. The molecule has 8 nitrogen and oxygen atoms in total. The minimum Gasteiger partial charge on any atom is -0.388 e. The number of thiazole rings is 2. The van der Waals surface area contributed by atoms with Crippen LogP contribution in [0, 0.1) is 0 Å². The third-order valence-corrected chi connectivity index (χ3v) is 5.90. The molecule has 28 heavy (non-hydrogen) atoms. The van der Waals surface area contributed by atoms with Crippen LogP contribution in [0.15, 0.2) is 37.2 Å². The molecule has 0 fully saturated rings. The standard InChI is InChI=1S/C10H13N3OS.C8H7N3OS/c1-3-8(14)9-5-11-10(15-9)7-4-12-13(2)6-7;1-11-4-6(2-10-11)8-9-3-7(5-12)13-8/h4-6,8,14H,3H2,1-2H3;2-5H,1H3. The number of carbonyl (C=O) groups is 1. The van der Waals surface area contributed by atoms with Gasteiger partial charge in [-0.25, -0.2) is 9.97 Å². The number of aliphatic hydroxyl groups excluding tert-OH is 1. The van der Waals surface area contributed by atoms with Crippen molar-refractivity contribution in [3.63, 3.8) is 0 Å². The van der Waals surface area contributed by atoms with Crippen molar-refractivity contribution in [2.45, 2.75) is 19.4 Å². The lowest BCUT2D eigenvalue weighted by Gasteiger charge is -2.01. The van der Waals surface area contributed by atoms with E-state index in [0.29, 0.717) is 11.3 Å². The van der Waals surface area contributed by atoms with E-state index in [2.05, 4.69) is 20.2 Å². The molecule has 0 aliphatic rings. The van der Waals surface area contributed by atoms with Gasteiger partial charge in [0.05, 0.1) is 28.3 Å². The van der Waals surface area contributed by atoms with E-state index >= 15 is 0 Å². The normalized spacial score (nSPS) is 11.7. The molecule has 0 bridgehead atoms. The molecular formula is C18H20N6O2S2.